The third kappa shape index (κ3) is 3.33. The Hall–Kier alpha value is 0.100. The Bertz CT molecular complexity index is 223. The molecule has 0 spiro atoms. The van der Waals surface area contributed by atoms with Gasteiger partial charge >= 0.3 is 0 Å². The van der Waals surface area contributed by atoms with Gasteiger partial charge in [-0.3, -0.25) is 4.79 Å². The molecule has 0 heterocycles. The molecule has 1 nitrogen and oxygen atoms in total. The van der Waals surface area contributed by atoms with Crippen LogP contribution in [-0.4, -0.2) is 11.1 Å². The molecule has 0 unspecified atom stereocenters. The maximum absolute atomic E-state index is 11.0. The first-order valence-corrected chi connectivity index (χ1v) is 4.11. The molecule has 0 amide bonds. The fourth-order valence-corrected chi connectivity index (χ4v) is 1.02. The van der Waals surface area contributed by atoms with Crippen LogP contribution in [0.1, 0.15) is 10.4 Å². The minimum atomic E-state index is 0. The monoisotopic (exact) mass is 326 g/mol. The molecule has 0 radical (unpaired) electrons. The van der Waals surface area contributed by atoms with Crippen LogP contribution in [0.4, 0.5) is 0 Å². The van der Waals surface area contributed by atoms with Gasteiger partial charge in [-0.05, 0) is 0 Å². The van der Waals surface area contributed by atoms with Gasteiger partial charge in [-0.15, -0.1) is 24.0 Å². The highest BCUT2D eigenvalue weighted by Gasteiger charge is 1.99. The number of hydrogen-bond donors (Lipinski definition) is 0. The van der Waals surface area contributed by atoms with E-state index in [1.165, 1.54) is 0 Å². The first-order valence-electron chi connectivity index (χ1n) is 2.99. The molecule has 0 fully saturated rings. The molecule has 1 rings (SSSR count). The molecule has 60 valence electrons. The van der Waals surface area contributed by atoms with Crippen molar-refractivity contribution in [2.45, 2.75) is 0 Å². The third-order valence-electron chi connectivity index (χ3n) is 1.22. The average molecular weight is 327 g/mol. The smallest absolute Gasteiger partial charge is 0.173 e. The summed E-state index contributed by atoms with van der Waals surface area (Å²) < 4.78 is 0. The predicted molar refractivity (Wildman–Crippen MR) is 60.0 cm³/mol. The van der Waals surface area contributed by atoms with Crippen LogP contribution in [0.25, 0.3) is 0 Å². The molecule has 11 heavy (non-hydrogen) atoms. The van der Waals surface area contributed by atoms with Crippen molar-refractivity contribution in [1.82, 2.24) is 0 Å². The van der Waals surface area contributed by atoms with Crippen LogP contribution in [-0.2, 0) is 0 Å². The lowest BCUT2D eigenvalue weighted by atomic mass is 10.2. The van der Waals surface area contributed by atoms with Crippen LogP contribution >= 0.6 is 39.9 Å². The normalized spacial score (nSPS) is 8.45. The van der Waals surface area contributed by atoms with Crippen LogP contribution in [0.15, 0.2) is 30.3 Å². The van der Waals surface area contributed by atoms with Crippen molar-refractivity contribution in [3.05, 3.63) is 35.9 Å². The summed E-state index contributed by atoms with van der Waals surface area (Å²) >= 11 is 3.10. The zero-order valence-electron chi connectivity index (χ0n) is 5.79. The Morgan fingerprint density at radius 3 is 2.27 bits per heavy atom. The minimum Gasteiger partial charge on any atom is -0.293 e. The fourth-order valence-electron chi connectivity index (χ4n) is 0.701. The number of carbonyl (C=O) groups is 1. The van der Waals surface area contributed by atoms with Crippen LogP contribution in [0.5, 0.6) is 0 Å². The molecule has 0 aromatic heterocycles. The Morgan fingerprint density at radius 1 is 1.27 bits per heavy atom. The summed E-state index contributed by atoms with van der Waals surface area (Å²) in [5.41, 5.74) is 0.763. The largest absolute Gasteiger partial charge is 0.293 e. The summed E-state index contributed by atoms with van der Waals surface area (Å²) in [4.78, 5) is 11.0. The van der Waals surface area contributed by atoms with Crippen molar-refractivity contribution < 1.29 is 4.79 Å². The third-order valence-corrected chi connectivity index (χ3v) is 1.73. The highest BCUT2D eigenvalue weighted by Crippen LogP contribution is 2.01. The minimum absolute atomic E-state index is 0. The molecular formula is C8H8BrIO. The Balaban J connectivity index is 0.000001000. The Kier molecular flexibility index (Phi) is 5.76. The van der Waals surface area contributed by atoms with Crippen LogP contribution in [0.3, 0.4) is 0 Å². The maximum Gasteiger partial charge on any atom is 0.173 e. The molecule has 0 aliphatic rings. The zero-order valence-corrected chi connectivity index (χ0v) is 9.70. The van der Waals surface area contributed by atoms with E-state index in [2.05, 4.69) is 15.9 Å². The fraction of sp³-hybridized carbons (Fsp3) is 0.125. The van der Waals surface area contributed by atoms with Gasteiger partial charge in [0.25, 0.3) is 0 Å². The molecule has 0 atom stereocenters. The summed E-state index contributed by atoms with van der Waals surface area (Å²) in [5, 5.41) is 0.400. The topological polar surface area (TPSA) is 17.1 Å². The summed E-state index contributed by atoms with van der Waals surface area (Å²) in [5.74, 6) is 0.126. The number of carbonyl (C=O) groups excluding carboxylic acids is 1. The number of ketones is 1. The van der Waals surface area contributed by atoms with Crippen LogP contribution in [0.2, 0.25) is 0 Å². The second kappa shape index (κ2) is 5.71. The molecule has 0 N–H and O–H groups in total. The van der Waals surface area contributed by atoms with E-state index in [-0.39, 0.29) is 29.8 Å². The number of benzene rings is 1. The highest BCUT2D eigenvalue weighted by molar-refractivity contribution is 14.0. The van der Waals surface area contributed by atoms with Crippen molar-refractivity contribution in [2.75, 3.05) is 5.33 Å². The van der Waals surface area contributed by atoms with Crippen molar-refractivity contribution in [2.24, 2.45) is 0 Å². The molecule has 0 saturated carbocycles. The lowest BCUT2D eigenvalue weighted by molar-refractivity contribution is 0.102. The molecule has 3 heteroatoms. The average Bonchev–Trinajstić information content (AvgIpc) is 2.05. The molecular weight excluding hydrogens is 319 g/mol. The standard InChI is InChI=1S/C8H7BrO.HI/c9-6-8(10)7-4-2-1-3-5-7;/h1-5H,6H2;1H. The van der Waals surface area contributed by atoms with Gasteiger partial charge in [0, 0.05) is 5.56 Å². The van der Waals surface area contributed by atoms with Gasteiger partial charge < -0.3 is 0 Å². The van der Waals surface area contributed by atoms with E-state index in [1.807, 2.05) is 30.3 Å². The zero-order chi connectivity index (χ0) is 7.40. The van der Waals surface area contributed by atoms with Crippen LogP contribution in [0, 0.1) is 0 Å². The van der Waals surface area contributed by atoms with Crippen molar-refractivity contribution >= 4 is 45.7 Å². The van der Waals surface area contributed by atoms with Crippen LogP contribution < -0.4 is 0 Å². The number of alkyl halides is 1. The second-order valence-electron chi connectivity index (χ2n) is 1.92. The van der Waals surface area contributed by atoms with Gasteiger partial charge in [0.15, 0.2) is 5.78 Å². The van der Waals surface area contributed by atoms with E-state index in [0.717, 1.165) is 5.56 Å². The number of Topliss-reactive ketones (excluding diaryl/α,β-unsaturated/α-hetero) is 1. The van der Waals surface area contributed by atoms with E-state index < -0.39 is 0 Å². The van der Waals surface area contributed by atoms with E-state index in [0.29, 0.717) is 5.33 Å². The number of hydrogen-bond acceptors (Lipinski definition) is 1. The molecule has 0 aliphatic heterocycles. The first kappa shape index (κ1) is 11.1. The summed E-state index contributed by atoms with van der Waals surface area (Å²) in [6, 6.07) is 9.23. The van der Waals surface area contributed by atoms with Gasteiger partial charge in [0.2, 0.25) is 0 Å². The molecule has 1 aromatic carbocycles. The Morgan fingerprint density at radius 2 is 1.82 bits per heavy atom. The SMILES string of the molecule is I.O=C(CBr)c1ccccc1. The number of rotatable bonds is 2. The van der Waals surface area contributed by atoms with Gasteiger partial charge in [-0.1, -0.05) is 46.3 Å². The summed E-state index contributed by atoms with van der Waals surface area (Å²) in [7, 11) is 0. The van der Waals surface area contributed by atoms with Crippen molar-refractivity contribution in [1.29, 1.82) is 0 Å². The first-order chi connectivity index (χ1) is 4.84. The Labute approximate surface area is 91.3 Å². The van der Waals surface area contributed by atoms with Crippen molar-refractivity contribution in [3.8, 4) is 0 Å². The summed E-state index contributed by atoms with van der Waals surface area (Å²) in [6.45, 7) is 0. The summed E-state index contributed by atoms with van der Waals surface area (Å²) in [6.07, 6.45) is 0. The van der Waals surface area contributed by atoms with Gasteiger partial charge in [-0.25, -0.2) is 0 Å². The van der Waals surface area contributed by atoms with E-state index in [4.69, 9.17) is 0 Å². The van der Waals surface area contributed by atoms with Gasteiger partial charge in [-0.2, -0.15) is 0 Å². The molecule has 0 aliphatic carbocycles. The van der Waals surface area contributed by atoms with E-state index >= 15 is 0 Å². The molecule has 1 aromatic rings. The van der Waals surface area contributed by atoms with E-state index in [1.54, 1.807) is 0 Å². The predicted octanol–water partition coefficient (Wildman–Crippen LogP) is 2.88. The van der Waals surface area contributed by atoms with E-state index in [9.17, 15) is 4.79 Å². The highest BCUT2D eigenvalue weighted by atomic mass is 127. The van der Waals surface area contributed by atoms with Gasteiger partial charge in [0.05, 0.1) is 5.33 Å². The number of halogens is 2. The maximum atomic E-state index is 11.0. The molecule has 0 saturated heterocycles. The van der Waals surface area contributed by atoms with Crippen molar-refractivity contribution in [3.63, 3.8) is 0 Å². The molecule has 0 bridgehead atoms. The quantitative estimate of drug-likeness (QED) is 0.464. The van der Waals surface area contributed by atoms with Gasteiger partial charge in [0.1, 0.15) is 0 Å². The lowest BCUT2D eigenvalue weighted by Gasteiger charge is -1.92. The lowest BCUT2D eigenvalue weighted by Crippen LogP contribution is -1.98. The second-order valence-corrected chi connectivity index (χ2v) is 2.48.